The normalized spacial score (nSPS) is 27.3. The largest absolute Gasteiger partial charge is 0.469 e. The second kappa shape index (κ2) is 9.57. The van der Waals surface area contributed by atoms with Crippen molar-refractivity contribution in [3.05, 3.63) is 48.3 Å². The van der Waals surface area contributed by atoms with Crippen LogP contribution >= 0.6 is 0 Å². The van der Waals surface area contributed by atoms with E-state index in [2.05, 4.69) is 19.8 Å². The van der Waals surface area contributed by atoms with Crippen LogP contribution in [0.15, 0.2) is 42.6 Å². The first kappa shape index (κ1) is 22.7. The Morgan fingerprint density at radius 2 is 1.81 bits per heavy atom. The summed E-state index contributed by atoms with van der Waals surface area (Å²) in [7, 11) is 0. The Morgan fingerprint density at radius 1 is 1.03 bits per heavy atom. The van der Waals surface area contributed by atoms with Crippen molar-refractivity contribution in [1.29, 1.82) is 0 Å². The van der Waals surface area contributed by atoms with Crippen molar-refractivity contribution < 1.29 is 32.9 Å². The van der Waals surface area contributed by atoms with Gasteiger partial charge in [-0.2, -0.15) is 13.2 Å². The molecule has 4 rings (SSSR count). The van der Waals surface area contributed by atoms with Crippen LogP contribution in [-0.4, -0.2) is 88.8 Å². The molecule has 0 aliphatic carbocycles. The molecule has 32 heavy (non-hydrogen) atoms. The number of rotatable bonds is 5. The van der Waals surface area contributed by atoms with Gasteiger partial charge in [-0.3, -0.25) is 4.90 Å². The summed E-state index contributed by atoms with van der Waals surface area (Å²) >= 11 is 0. The molecule has 0 aromatic carbocycles. The van der Waals surface area contributed by atoms with Crippen LogP contribution in [0.5, 0.6) is 5.88 Å². The van der Waals surface area contributed by atoms with Crippen LogP contribution in [0.3, 0.4) is 0 Å². The van der Waals surface area contributed by atoms with Crippen molar-refractivity contribution in [3.8, 4) is 5.88 Å². The van der Waals surface area contributed by atoms with E-state index < -0.39 is 36.3 Å². The van der Waals surface area contributed by atoms with Gasteiger partial charge < -0.3 is 24.6 Å². The van der Waals surface area contributed by atoms with Crippen LogP contribution < -0.4 is 9.64 Å². The van der Waals surface area contributed by atoms with Crippen molar-refractivity contribution in [1.82, 2.24) is 14.9 Å². The van der Waals surface area contributed by atoms with E-state index >= 15 is 0 Å². The quantitative estimate of drug-likeness (QED) is 0.696. The molecule has 2 saturated heterocycles. The highest BCUT2D eigenvalue weighted by atomic mass is 19.4. The number of ether oxygens (including phenoxy) is 2. The number of aliphatic hydroxyl groups is 2. The summed E-state index contributed by atoms with van der Waals surface area (Å²) in [5.41, 5.74) is -1.09. The van der Waals surface area contributed by atoms with Gasteiger partial charge in [-0.1, -0.05) is 12.1 Å². The summed E-state index contributed by atoms with van der Waals surface area (Å²) in [5.74, 6) is 0.628. The maximum atomic E-state index is 12.8. The van der Waals surface area contributed by atoms with Crippen molar-refractivity contribution >= 4 is 5.82 Å². The second-order valence-corrected chi connectivity index (χ2v) is 7.84. The number of pyridine rings is 2. The van der Waals surface area contributed by atoms with E-state index in [4.69, 9.17) is 9.47 Å². The molecular weight excluding hydrogens is 429 g/mol. The average molecular weight is 454 g/mol. The van der Waals surface area contributed by atoms with Gasteiger partial charge in [-0.15, -0.1) is 0 Å². The van der Waals surface area contributed by atoms with Crippen LogP contribution in [0, 0.1) is 0 Å². The highest BCUT2D eigenvalue weighted by molar-refractivity contribution is 5.38. The van der Waals surface area contributed by atoms with E-state index in [9.17, 15) is 23.4 Å². The Balaban J connectivity index is 1.29. The minimum absolute atomic E-state index is 0.0747. The number of halogens is 3. The summed E-state index contributed by atoms with van der Waals surface area (Å²) < 4.78 is 49.6. The molecule has 0 unspecified atom stereocenters. The van der Waals surface area contributed by atoms with E-state index in [1.165, 1.54) is 12.1 Å². The zero-order valence-electron chi connectivity index (χ0n) is 17.2. The third-order valence-electron chi connectivity index (χ3n) is 5.66. The minimum atomic E-state index is -4.60. The monoisotopic (exact) mass is 454 g/mol. The van der Waals surface area contributed by atoms with E-state index in [1.807, 2.05) is 18.2 Å². The molecule has 8 nitrogen and oxygen atoms in total. The second-order valence-electron chi connectivity index (χ2n) is 7.84. The van der Waals surface area contributed by atoms with E-state index in [-0.39, 0.29) is 12.5 Å². The van der Waals surface area contributed by atoms with Crippen LogP contribution in [0.1, 0.15) is 5.69 Å². The topological polar surface area (TPSA) is 91.2 Å². The van der Waals surface area contributed by atoms with Gasteiger partial charge in [0.25, 0.3) is 0 Å². The number of nitrogens with zero attached hydrogens (tertiary/aromatic N) is 4. The van der Waals surface area contributed by atoms with Crippen LogP contribution in [0.25, 0.3) is 0 Å². The molecule has 2 aromatic rings. The lowest BCUT2D eigenvalue weighted by atomic mass is 9.99. The molecular formula is C21H25F3N4O4. The molecule has 0 radical (unpaired) electrons. The Morgan fingerprint density at radius 3 is 2.50 bits per heavy atom. The van der Waals surface area contributed by atoms with E-state index in [0.717, 1.165) is 38.1 Å². The first-order chi connectivity index (χ1) is 15.3. The number of alkyl halides is 3. The summed E-state index contributed by atoms with van der Waals surface area (Å²) in [5, 5.41) is 21.0. The van der Waals surface area contributed by atoms with Gasteiger partial charge in [0.1, 0.15) is 23.7 Å². The lowest BCUT2D eigenvalue weighted by Gasteiger charge is -2.41. The predicted molar refractivity (Wildman–Crippen MR) is 108 cm³/mol. The molecule has 0 bridgehead atoms. The molecule has 174 valence electrons. The van der Waals surface area contributed by atoms with E-state index in [0.29, 0.717) is 6.54 Å². The Bertz CT molecular complexity index is 881. The molecule has 0 saturated carbocycles. The van der Waals surface area contributed by atoms with Gasteiger partial charge in [-0.25, -0.2) is 9.97 Å². The molecule has 0 spiro atoms. The zero-order chi connectivity index (χ0) is 22.7. The minimum Gasteiger partial charge on any atom is -0.469 e. The third-order valence-corrected chi connectivity index (χ3v) is 5.66. The highest BCUT2D eigenvalue weighted by Gasteiger charge is 2.41. The maximum absolute atomic E-state index is 12.8. The van der Waals surface area contributed by atoms with E-state index in [1.54, 1.807) is 6.20 Å². The molecule has 11 heteroatoms. The van der Waals surface area contributed by atoms with Gasteiger partial charge in [0.15, 0.2) is 6.10 Å². The zero-order valence-corrected chi connectivity index (χ0v) is 17.2. The van der Waals surface area contributed by atoms with Crippen LogP contribution in [0.4, 0.5) is 19.0 Å². The number of hydrogen-bond acceptors (Lipinski definition) is 8. The fraction of sp³-hybridized carbons (Fsp3) is 0.524. The standard InChI is InChI=1S/C21H25F3N4O4/c22-21(23,24)16-4-3-6-18(26-16)32-15-13-31-14(19(29)20(15)30)12-27-8-10-28(11-9-27)17-5-1-2-7-25-17/h1-7,14-15,19-20,29-30H,8-13H2/t14-,15+,19+,20-/m1/s1. The predicted octanol–water partition coefficient (Wildman–Crippen LogP) is 1.19. The smallest absolute Gasteiger partial charge is 0.433 e. The number of hydrogen-bond donors (Lipinski definition) is 2. The molecule has 2 fully saturated rings. The molecule has 2 aromatic heterocycles. The third kappa shape index (κ3) is 5.29. The van der Waals surface area contributed by atoms with Crippen LogP contribution in [0.2, 0.25) is 0 Å². The van der Waals surface area contributed by atoms with Gasteiger partial charge in [0, 0.05) is 45.0 Å². The lowest BCUT2D eigenvalue weighted by Crippen LogP contribution is -2.59. The summed E-state index contributed by atoms with van der Waals surface area (Å²) in [6, 6.07) is 9.04. The Hall–Kier alpha value is -2.47. The molecule has 0 amide bonds. The fourth-order valence-corrected chi connectivity index (χ4v) is 3.87. The number of piperazine rings is 1. The lowest BCUT2D eigenvalue weighted by molar-refractivity contribution is -0.185. The average Bonchev–Trinajstić information content (AvgIpc) is 2.79. The van der Waals surface area contributed by atoms with Crippen LogP contribution in [-0.2, 0) is 10.9 Å². The number of anilines is 1. The van der Waals surface area contributed by atoms with Gasteiger partial charge in [0.2, 0.25) is 5.88 Å². The van der Waals surface area contributed by atoms with Crippen molar-refractivity contribution in [2.75, 3.05) is 44.2 Å². The molecule has 4 atom stereocenters. The van der Waals surface area contributed by atoms with Crippen molar-refractivity contribution in [2.24, 2.45) is 0 Å². The summed E-state index contributed by atoms with van der Waals surface area (Å²) in [6.45, 7) is 3.38. The Labute approximate surface area is 183 Å². The molecule has 2 aliphatic rings. The maximum Gasteiger partial charge on any atom is 0.433 e. The van der Waals surface area contributed by atoms with Crippen molar-refractivity contribution in [2.45, 2.75) is 30.6 Å². The molecule has 2 aliphatic heterocycles. The van der Waals surface area contributed by atoms with Crippen molar-refractivity contribution in [3.63, 3.8) is 0 Å². The molecule has 2 N–H and O–H groups in total. The fourth-order valence-electron chi connectivity index (χ4n) is 3.87. The first-order valence-electron chi connectivity index (χ1n) is 10.4. The van der Waals surface area contributed by atoms with Gasteiger partial charge >= 0.3 is 6.18 Å². The van der Waals surface area contributed by atoms with Gasteiger partial charge in [-0.05, 0) is 18.2 Å². The number of aromatic nitrogens is 2. The van der Waals surface area contributed by atoms with Gasteiger partial charge in [0.05, 0.1) is 12.7 Å². The summed E-state index contributed by atoms with van der Waals surface area (Å²) in [4.78, 5) is 12.1. The SMILES string of the molecule is O[C@@H]1[C@H](O)[C@@H](Oc2cccc(C(F)(F)F)n2)CO[C@@H]1CN1CCN(c2ccccn2)CC1. The summed E-state index contributed by atoms with van der Waals surface area (Å²) in [6.07, 6.45) is -7.08. The number of aliphatic hydroxyl groups excluding tert-OH is 2. The Kier molecular flexibility index (Phi) is 6.79. The molecule has 4 heterocycles. The highest BCUT2D eigenvalue weighted by Crippen LogP contribution is 2.29. The first-order valence-corrected chi connectivity index (χ1v) is 10.4.